The third-order valence-electron chi connectivity index (χ3n) is 4.86. The Hall–Kier alpha value is 0. The van der Waals surface area contributed by atoms with Crippen molar-refractivity contribution in [2.75, 3.05) is 0 Å². The molecule has 0 heteroatoms. The van der Waals surface area contributed by atoms with E-state index in [4.69, 9.17) is 0 Å². The third-order valence-corrected chi connectivity index (χ3v) is 4.86. The van der Waals surface area contributed by atoms with E-state index in [0.29, 0.717) is 5.41 Å². The molecule has 0 rings (SSSR count). The second-order valence-electron chi connectivity index (χ2n) is 7.41. The zero-order valence-corrected chi connectivity index (χ0v) is 13.6. The smallest absolute Gasteiger partial charge is 0.0352 e. The summed E-state index contributed by atoms with van der Waals surface area (Å²) in [5.41, 5.74) is 0.528. The summed E-state index contributed by atoms with van der Waals surface area (Å²) in [6.07, 6.45) is 5.48. The van der Waals surface area contributed by atoms with Gasteiger partial charge in [-0.3, -0.25) is 0 Å². The van der Waals surface area contributed by atoms with Gasteiger partial charge in [0.1, 0.15) is 0 Å². The summed E-state index contributed by atoms with van der Waals surface area (Å²) in [6.45, 7) is 19.2. The van der Waals surface area contributed by atoms with Gasteiger partial charge in [-0.25, -0.2) is 0 Å². The maximum absolute atomic E-state index is 2.46. The van der Waals surface area contributed by atoms with Crippen LogP contribution >= 0.6 is 0 Å². The van der Waals surface area contributed by atoms with Crippen molar-refractivity contribution in [3.63, 3.8) is 0 Å². The van der Waals surface area contributed by atoms with Gasteiger partial charge in [-0.1, -0.05) is 68.2 Å². The van der Waals surface area contributed by atoms with E-state index in [1.165, 1.54) is 25.7 Å². The van der Waals surface area contributed by atoms with E-state index < -0.39 is 0 Å². The SMILES string of the molecule is CCCCC(C)(C)CC(C)C(C)C(C)C(C)C. The molecule has 0 nitrogen and oxygen atoms in total. The molecule has 3 unspecified atom stereocenters. The van der Waals surface area contributed by atoms with Gasteiger partial charge < -0.3 is 0 Å². The zero-order valence-electron chi connectivity index (χ0n) is 13.6. The van der Waals surface area contributed by atoms with Crippen molar-refractivity contribution in [1.29, 1.82) is 0 Å². The highest BCUT2D eigenvalue weighted by Gasteiger charge is 2.27. The Morgan fingerprint density at radius 3 is 1.82 bits per heavy atom. The molecular weight excluding hydrogens is 204 g/mol. The number of hydrogen-bond acceptors (Lipinski definition) is 0. The average Bonchev–Trinajstić information content (AvgIpc) is 2.23. The van der Waals surface area contributed by atoms with Crippen LogP contribution in [-0.4, -0.2) is 0 Å². The van der Waals surface area contributed by atoms with Crippen LogP contribution in [0.4, 0.5) is 0 Å². The van der Waals surface area contributed by atoms with Crippen molar-refractivity contribution in [3.05, 3.63) is 0 Å². The fourth-order valence-electron chi connectivity index (χ4n) is 2.94. The molecule has 0 aliphatic heterocycles. The first kappa shape index (κ1) is 17.0. The molecule has 0 bridgehead atoms. The zero-order chi connectivity index (χ0) is 13.6. The maximum atomic E-state index is 2.46. The van der Waals surface area contributed by atoms with Crippen LogP contribution in [0.2, 0.25) is 0 Å². The molecule has 0 fully saturated rings. The molecule has 0 amide bonds. The number of unbranched alkanes of at least 4 members (excludes halogenated alkanes) is 1. The normalized spacial score (nSPS) is 18.2. The highest BCUT2D eigenvalue weighted by molar-refractivity contribution is 4.77. The van der Waals surface area contributed by atoms with Crippen LogP contribution in [0.5, 0.6) is 0 Å². The van der Waals surface area contributed by atoms with Crippen LogP contribution in [0.25, 0.3) is 0 Å². The molecule has 0 saturated heterocycles. The lowest BCUT2D eigenvalue weighted by molar-refractivity contribution is 0.157. The summed E-state index contributed by atoms with van der Waals surface area (Å²) in [4.78, 5) is 0. The predicted molar refractivity (Wildman–Crippen MR) is 80.3 cm³/mol. The van der Waals surface area contributed by atoms with Crippen LogP contribution < -0.4 is 0 Å². The Morgan fingerprint density at radius 1 is 0.882 bits per heavy atom. The van der Waals surface area contributed by atoms with E-state index in [0.717, 1.165) is 23.7 Å². The molecule has 0 spiro atoms. The van der Waals surface area contributed by atoms with Crippen LogP contribution in [0.3, 0.4) is 0 Å². The van der Waals surface area contributed by atoms with E-state index >= 15 is 0 Å². The highest BCUT2D eigenvalue weighted by atomic mass is 14.3. The summed E-state index contributed by atoms with van der Waals surface area (Å²) < 4.78 is 0. The first-order chi connectivity index (χ1) is 7.71. The molecule has 0 aromatic heterocycles. The quantitative estimate of drug-likeness (QED) is 0.477. The minimum absolute atomic E-state index is 0.528. The first-order valence-electron chi connectivity index (χ1n) is 7.71. The fraction of sp³-hybridized carbons (Fsp3) is 1.00. The van der Waals surface area contributed by atoms with Crippen LogP contribution in [0.1, 0.15) is 81.1 Å². The van der Waals surface area contributed by atoms with Crippen LogP contribution in [-0.2, 0) is 0 Å². The van der Waals surface area contributed by atoms with Crippen molar-refractivity contribution < 1.29 is 0 Å². The predicted octanol–water partition coefficient (Wildman–Crippen LogP) is 6.16. The van der Waals surface area contributed by atoms with Crippen molar-refractivity contribution in [2.24, 2.45) is 29.1 Å². The van der Waals surface area contributed by atoms with Crippen molar-refractivity contribution in [1.82, 2.24) is 0 Å². The lowest BCUT2D eigenvalue weighted by Crippen LogP contribution is -2.25. The minimum atomic E-state index is 0.528. The molecule has 0 aromatic rings. The lowest BCUT2D eigenvalue weighted by atomic mass is 9.71. The van der Waals surface area contributed by atoms with E-state index in [1.807, 2.05) is 0 Å². The Kier molecular flexibility index (Phi) is 7.44. The lowest BCUT2D eigenvalue weighted by Gasteiger charge is -2.34. The molecule has 0 saturated carbocycles. The van der Waals surface area contributed by atoms with E-state index in [-0.39, 0.29) is 0 Å². The molecule has 3 atom stereocenters. The van der Waals surface area contributed by atoms with Crippen LogP contribution in [0, 0.1) is 29.1 Å². The van der Waals surface area contributed by atoms with Crippen molar-refractivity contribution >= 4 is 0 Å². The molecular formula is C17H36. The standard InChI is InChI=1S/C17H36/c1-9-10-11-17(7,8)12-14(4)16(6)15(5)13(2)3/h13-16H,9-12H2,1-8H3. The van der Waals surface area contributed by atoms with Gasteiger partial charge in [0, 0.05) is 0 Å². The topological polar surface area (TPSA) is 0 Å². The minimum Gasteiger partial charge on any atom is -0.0654 e. The second kappa shape index (κ2) is 7.44. The Morgan fingerprint density at radius 2 is 1.41 bits per heavy atom. The van der Waals surface area contributed by atoms with Crippen molar-refractivity contribution in [3.8, 4) is 0 Å². The molecule has 0 N–H and O–H groups in total. The Labute approximate surface area is 111 Å². The Bertz CT molecular complexity index is 190. The molecule has 0 heterocycles. The molecule has 0 aromatic carbocycles. The monoisotopic (exact) mass is 240 g/mol. The van der Waals surface area contributed by atoms with E-state index in [2.05, 4.69) is 55.4 Å². The third kappa shape index (κ3) is 6.48. The van der Waals surface area contributed by atoms with Gasteiger partial charge in [0.05, 0.1) is 0 Å². The molecule has 104 valence electrons. The van der Waals surface area contributed by atoms with Gasteiger partial charge in [-0.15, -0.1) is 0 Å². The van der Waals surface area contributed by atoms with Gasteiger partial charge in [0.25, 0.3) is 0 Å². The average molecular weight is 240 g/mol. The maximum Gasteiger partial charge on any atom is -0.0352 e. The van der Waals surface area contributed by atoms with Gasteiger partial charge in [-0.05, 0) is 41.9 Å². The number of hydrogen-bond donors (Lipinski definition) is 0. The van der Waals surface area contributed by atoms with Crippen molar-refractivity contribution in [2.45, 2.75) is 81.1 Å². The molecule has 0 radical (unpaired) electrons. The summed E-state index contributed by atoms with van der Waals surface area (Å²) in [6, 6.07) is 0. The number of rotatable bonds is 8. The first-order valence-corrected chi connectivity index (χ1v) is 7.71. The van der Waals surface area contributed by atoms with E-state index in [9.17, 15) is 0 Å². The summed E-state index contributed by atoms with van der Waals surface area (Å²) in [5, 5.41) is 0. The summed E-state index contributed by atoms with van der Waals surface area (Å²) >= 11 is 0. The van der Waals surface area contributed by atoms with Gasteiger partial charge in [0.2, 0.25) is 0 Å². The molecule has 0 aliphatic carbocycles. The largest absolute Gasteiger partial charge is 0.0654 e. The highest BCUT2D eigenvalue weighted by Crippen LogP contribution is 2.37. The summed E-state index contributed by atoms with van der Waals surface area (Å²) in [7, 11) is 0. The fourth-order valence-corrected chi connectivity index (χ4v) is 2.94. The Balaban J connectivity index is 4.27. The van der Waals surface area contributed by atoms with Gasteiger partial charge in [-0.2, -0.15) is 0 Å². The van der Waals surface area contributed by atoms with Gasteiger partial charge in [0.15, 0.2) is 0 Å². The molecule has 0 aliphatic rings. The van der Waals surface area contributed by atoms with Gasteiger partial charge >= 0.3 is 0 Å². The molecule has 17 heavy (non-hydrogen) atoms. The van der Waals surface area contributed by atoms with Crippen LogP contribution in [0.15, 0.2) is 0 Å². The summed E-state index contributed by atoms with van der Waals surface area (Å²) in [5.74, 6) is 3.34. The second-order valence-corrected chi connectivity index (χ2v) is 7.41. The van der Waals surface area contributed by atoms with E-state index in [1.54, 1.807) is 0 Å².